The van der Waals surface area contributed by atoms with Gasteiger partial charge in [0.25, 0.3) is 0 Å². The predicted octanol–water partition coefficient (Wildman–Crippen LogP) is 5.05. The second kappa shape index (κ2) is 9.62. The quantitative estimate of drug-likeness (QED) is 0.482. The maximum atomic E-state index is 13.5. The van der Waals surface area contributed by atoms with Crippen molar-refractivity contribution in [1.29, 1.82) is 0 Å². The third kappa shape index (κ3) is 4.51. The molecule has 188 valence electrons. The third-order valence-electron chi connectivity index (χ3n) is 7.71. The molecule has 2 heterocycles. The molecule has 33 heavy (non-hydrogen) atoms. The van der Waals surface area contributed by atoms with Gasteiger partial charge in [-0.1, -0.05) is 12.8 Å². The van der Waals surface area contributed by atoms with Crippen LogP contribution in [0.5, 0.6) is 0 Å². The van der Waals surface area contributed by atoms with E-state index in [1.54, 1.807) is 12.9 Å². The first-order chi connectivity index (χ1) is 16.0. The lowest BCUT2D eigenvalue weighted by Crippen LogP contribution is -2.55. The largest absolute Gasteiger partial charge is 0.374 e. The van der Waals surface area contributed by atoms with Crippen molar-refractivity contribution in [3.05, 3.63) is 11.4 Å². The Hall–Kier alpha value is -0.310. The van der Waals surface area contributed by atoms with Gasteiger partial charge in [-0.15, -0.1) is 0 Å². The Balaban J connectivity index is 1.54. The van der Waals surface area contributed by atoms with Crippen molar-refractivity contribution in [1.82, 2.24) is 0 Å². The second-order valence-corrected chi connectivity index (χ2v) is 11.7. The fourth-order valence-electron chi connectivity index (χ4n) is 6.35. The molecule has 8 nitrogen and oxygen atoms in total. The molecule has 2 aliphatic heterocycles. The van der Waals surface area contributed by atoms with Gasteiger partial charge < -0.3 is 32.7 Å². The van der Waals surface area contributed by atoms with Gasteiger partial charge in [0.05, 0.1) is 13.2 Å². The molecule has 3 aliphatic carbocycles. The summed E-state index contributed by atoms with van der Waals surface area (Å²) in [5.41, 5.74) is 0.730. The van der Waals surface area contributed by atoms with Crippen LogP contribution in [0.1, 0.15) is 78.1 Å². The van der Waals surface area contributed by atoms with E-state index in [1.807, 2.05) is 13.8 Å². The maximum Gasteiger partial charge on any atom is 0.354 e. The first-order valence-corrected chi connectivity index (χ1v) is 14.4. The van der Waals surface area contributed by atoms with E-state index in [4.69, 9.17) is 32.7 Å². The molecule has 0 aromatic carbocycles. The molecule has 9 heteroatoms. The number of hydrogen-bond donors (Lipinski definition) is 0. The van der Waals surface area contributed by atoms with E-state index < -0.39 is 31.4 Å². The van der Waals surface area contributed by atoms with Crippen LogP contribution in [0.3, 0.4) is 0 Å². The molecule has 2 saturated heterocycles. The lowest BCUT2D eigenvalue weighted by molar-refractivity contribution is -0.219. The van der Waals surface area contributed by atoms with Crippen molar-refractivity contribution in [2.75, 3.05) is 20.3 Å². The van der Waals surface area contributed by atoms with E-state index in [0.29, 0.717) is 0 Å². The Kier molecular flexibility index (Phi) is 7.11. The summed E-state index contributed by atoms with van der Waals surface area (Å²) in [5, 5.41) is 0. The van der Waals surface area contributed by atoms with Crippen LogP contribution in [0.2, 0.25) is 0 Å². The van der Waals surface area contributed by atoms with E-state index >= 15 is 0 Å². The monoisotopic (exact) mass is 486 g/mol. The lowest BCUT2D eigenvalue weighted by atomic mass is 9.84. The zero-order valence-corrected chi connectivity index (χ0v) is 21.1. The highest BCUT2D eigenvalue weighted by molar-refractivity contribution is 7.57. The van der Waals surface area contributed by atoms with Gasteiger partial charge in [-0.3, -0.25) is 4.57 Å². The Bertz CT molecular complexity index is 762. The number of rotatable bonds is 6. The van der Waals surface area contributed by atoms with Crippen molar-refractivity contribution in [2.45, 2.75) is 120 Å². The molecule has 0 amide bonds. The summed E-state index contributed by atoms with van der Waals surface area (Å²) in [6, 6.07) is 0. The molecule has 5 rings (SSSR count). The highest BCUT2D eigenvalue weighted by Gasteiger charge is 2.65. The zero-order valence-electron chi connectivity index (χ0n) is 20.2. The molecule has 0 bridgehead atoms. The van der Waals surface area contributed by atoms with Crippen molar-refractivity contribution < 1.29 is 37.3 Å². The van der Waals surface area contributed by atoms with E-state index in [9.17, 15) is 4.57 Å². The minimum absolute atomic E-state index is 0.281. The van der Waals surface area contributed by atoms with Gasteiger partial charge in [-0.2, -0.15) is 0 Å². The second-order valence-electron chi connectivity index (χ2n) is 9.89. The van der Waals surface area contributed by atoms with Gasteiger partial charge in [-0.25, -0.2) is 0 Å². The van der Waals surface area contributed by atoms with Crippen molar-refractivity contribution in [3.63, 3.8) is 0 Å². The fraction of sp³-hybridized carbons (Fsp3) is 0.917. The standard InChI is InChI=1S/C24H39O8P/c1-4-27-33(25,28-5-2)16-17-18(26-3)20-22(32-24(30-20)14-10-7-11-15-24)21-19(17)29-23(31-21)12-8-6-9-13-23/h16,18-22H,4-15H2,1-3H3/b17-16+/t18-,19-,20+,21-,22-/m1/s1. The minimum Gasteiger partial charge on any atom is -0.374 e. The molecule has 2 spiro atoms. The van der Waals surface area contributed by atoms with Crippen LogP contribution in [-0.2, 0) is 37.3 Å². The van der Waals surface area contributed by atoms with Crippen LogP contribution >= 0.6 is 7.60 Å². The summed E-state index contributed by atoms with van der Waals surface area (Å²) >= 11 is 0. The average molecular weight is 487 g/mol. The summed E-state index contributed by atoms with van der Waals surface area (Å²) in [7, 11) is -1.83. The van der Waals surface area contributed by atoms with Gasteiger partial charge in [0.1, 0.15) is 30.5 Å². The van der Waals surface area contributed by atoms with Crippen molar-refractivity contribution >= 4 is 7.60 Å². The van der Waals surface area contributed by atoms with Gasteiger partial charge in [0, 0.05) is 44.2 Å². The molecule has 0 aromatic heterocycles. The molecule has 5 aliphatic rings. The average Bonchev–Trinajstić information content (AvgIpc) is 3.34. The van der Waals surface area contributed by atoms with Crippen LogP contribution in [0, 0.1) is 0 Å². The zero-order chi connectivity index (χ0) is 23.1. The van der Waals surface area contributed by atoms with E-state index in [0.717, 1.165) is 56.9 Å². The highest BCUT2D eigenvalue weighted by Crippen LogP contribution is 2.57. The van der Waals surface area contributed by atoms with E-state index in [2.05, 4.69) is 0 Å². The maximum absolute atomic E-state index is 13.5. The summed E-state index contributed by atoms with van der Waals surface area (Å²) < 4.78 is 57.5. The minimum atomic E-state index is -3.49. The highest BCUT2D eigenvalue weighted by atomic mass is 31.2. The summed E-state index contributed by atoms with van der Waals surface area (Å²) in [6.07, 6.45) is 8.21. The Morgan fingerprint density at radius 2 is 1.33 bits per heavy atom. The van der Waals surface area contributed by atoms with E-state index in [-0.39, 0.29) is 31.5 Å². The topological polar surface area (TPSA) is 81.7 Å². The molecule has 0 radical (unpaired) electrons. The third-order valence-corrected chi connectivity index (χ3v) is 9.56. The first kappa shape index (κ1) is 24.4. The Morgan fingerprint density at radius 1 is 0.818 bits per heavy atom. The van der Waals surface area contributed by atoms with E-state index in [1.165, 1.54) is 12.8 Å². The summed E-state index contributed by atoms with van der Waals surface area (Å²) in [4.78, 5) is 0. The van der Waals surface area contributed by atoms with Crippen LogP contribution in [-0.4, -0.2) is 62.4 Å². The number of fused-ring (bicyclic) bond motifs is 3. The smallest absolute Gasteiger partial charge is 0.354 e. The Morgan fingerprint density at radius 3 is 1.88 bits per heavy atom. The molecular formula is C24H39O8P. The fourth-order valence-corrected chi connectivity index (χ4v) is 7.96. The number of methoxy groups -OCH3 is 1. The molecule has 3 saturated carbocycles. The van der Waals surface area contributed by atoms with Gasteiger partial charge in [0.15, 0.2) is 11.6 Å². The summed E-state index contributed by atoms with van der Waals surface area (Å²) in [5.74, 6) is 0.384. The van der Waals surface area contributed by atoms with Crippen LogP contribution in [0.4, 0.5) is 0 Å². The van der Waals surface area contributed by atoms with Crippen molar-refractivity contribution in [2.24, 2.45) is 0 Å². The van der Waals surface area contributed by atoms with Gasteiger partial charge >= 0.3 is 7.60 Å². The molecular weight excluding hydrogens is 447 g/mol. The van der Waals surface area contributed by atoms with Gasteiger partial charge in [0.2, 0.25) is 0 Å². The molecule has 0 unspecified atom stereocenters. The Labute approximate surface area is 197 Å². The molecule has 5 fully saturated rings. The van der Waals surface area contributed by atoms with Crippen LogP contribution in [0.15, 0.2) is 11.4 Å². The summed E-state index contributed by atoms with van der Waals surface area (Å²) in [6.45, 7) is 4.18. The lowest BCUT2D eigenvalue weighted by Gasteiger charge is -2.38. The van der Waals surface area contributed by atoms with Crippen molar-refractivity contribution in [3.8, 4) is 0 Å². The van der Waals surface area contributed by atoms with Crippen LogP contribution < -0.4 is 0 Å². The molecule has 0 N–H and O–H groups in total. The molecule has 0 aromatic rings. The predicted molar refractivity (Wildman–Crippen MR) is 121 cm³/mol. The number of ether oxygens (including phenoxy) is 5. The normalized spacial score (nSPS) is 38.6. The van der Waals surface area contributed by atoms with Crippen LogP contribution in [0.25, 0.3) is 0 Å². The van der Waals surface area contributed by atoms with Gasteiger partial charge in [-0.05, 0) is 39.5 Å². The SMILES string of the molecule is CCOP(=O)(/C=C1\[C@@H](OC)[C@@H]2OC3(CCCCC3)O[C@H]2[C@@H]2OC3(CCCCC3)O[C@H]12)OCC. The number of hydrogen-bond acceptors (Lipinski definition) is 8. The first-order valence-electron chi connectivity index (χ1n) is 12.8. The molecule has 5 atom stereocenters.